The van der Waals surface area contributed by atoms with Crippen molar-refractivity contribution in [3.8, 4) is 0 Å². The van der Waals surface area contributed by atoms with E-state index in [1.807, 2.05) is 0 Å². The molecule has 3 unspecified atom stereocenters. The van der Waals surface area contributed by atoms with E-state index in [1.54, 1.807) is 53.7 Å². The fraction of sp³-hybridized carbons (Fsp3) is 0.720. The van der Waals surface area contributed by atoms with E-state index >= 15 is 0 Å². The highest BCUT2D eigenvalue weighted by Gasteiger charge is 2.48. The molecule has 0 radical (unpaired) electrons. The zero-order valence-corrected chi connectivity index (χ0v) is 25.8. The average molecular weight is 655 g/mol. The Morgan fingerprint density at radius 3 is 1.81 bits per heavy atom. The number of hydrogen-bond acceptors (Lipinski definition) is 9. The number of likely N-dealkylation sites (tertiary alicyclic amines) is 1. The van der Waals surface area contributed by atoms with Crippen molar-refractivity contribution in [2.45, 2.75) is 63.2 Å². The molecule has 0 spiro atoms. The number of carbonyl (C=O) groups is 5. The molecule has 210 valence electrons. The van der Waals surface area contributed by atoms with Crippen LogP contribution in [0.25, 0.3) is 0 Å². The second-order valence-corrected chi connectivity index (χ2v) is 14.1. The molecular formula is C25H37Br2NO9. The Morgan fingerprint density at radius 1 is 0.919 bits per heavy atom. The number of rotatable bonds is 13. The van der Waals surface area contributed by atoms with Gasteiger partial charge in [-0.15, -0.1) is 0 Å². The lowest BCUT2D eigenvalue weighted by molar-refractivity contribution is -0.172. The van der Waals surface area contributed by atoms with E-state index in [9.17, 15) is 24.0 Å². The molecule has 3 atom stereocenters. The number of ether oxygens (including phenoxy) is 4. The zero-order chi connectivity index (χ0) is 28.8. The first-order valence-electron chi connectivity index (χ1n) is 11.8. The van der Waals surface area contributed by atoms with Crippen LogP contribution in [0.5, 0.6) is 0 Å². The summed E-state index contributed by atoms with van der Waals surface area (Å²) in [6.07, 6.45) is 2.90. The van der Waals surface area contributed by atoms with Gasteiger partial charge in [-0.3, -0.25) is 28.9 Å². The van der Waals surface area contributed by atoms with Crippen molar-refractivity contribution < 1.29 is 42.9 Å². The highest BCUT2D eigenvalue weighted by molar-refractivity contribution is 9.10. The van der Waals surface area contributed by atoms with Gasteiger partial charge in [0.15, 0.2) is 0 Å². The molecule has 1 aliphatic rings. The van der Waals surface area contributed by atoms with Gasteiger partial charge in [-0.1, -0.05) is 50.9 Å². The van der Waals surface area contributed by atoms with Crippen LogP contribution in [0, 0.1) is 17.3 Å². The molecule has 0 saturated carbocycles. The van der Waals surface area contributed by atoms with Gasteiger partial charge in [0.2, 0.25) is 11.8 Å². The van der Waals surface area contributed by atoms with Crippen molar-refractivity contribution in [3.63, 3.8) is 0 Å². The van der Waals surface area contributed by atoms with Crippen LogP contribution in [0.2, 0.25) is 0 Å². The number of alkyl halides is 2. The highest BCUT2D eigenvalue weighted by atomic mass is 79.9. The third-order valence-electron chi connectivity index (χ3n) is 5.81. The van der Waals surface area contributed by atoms with E-state index in [1.165, 1.54) is 14.0 Å². The first kappa shape index (κ1) is 33.2. The number of methoxy groups -OCH3 is 1. The SMILES string of the molecule is C/C=C\C(OC)C1C(=O)N(CCOC(=O)C(C)(COC(=O)C(C)(C)Br)COC(=O)C(C)(C)Br)C(=O)C1C. The molecule has 1 heterocycles. The molecule has 1 saturated heterocycles. The summed E-state index contributed by atoms with van der Waals surface area (Å²) in [5, 5.41) is 0. The molecule has 10 nitrogen and oxygen atoms in total. The maximum Gasteiger partial charge on any atom is 0.322 e. The summed E-state index contributed by atoms with van der Waals surface area (Å²) in [6, 6.07) is 0. The lowest BCUT2D eigenvalue weighted by atomic mass is 9.91. The van der Waals surface area contributed by atoms with E-state index in [-0.39, 0.29) is 19.1 Å². The minimum atomic E-state index is -1.54. The lowest BCUT2D eigenvalue weighted by Crippen LogP contribution is -2.44. The van der Waals surface area contributed by atoms with Crippen LogP contribution >= 0.6 is 31.9 Å². The van der Waals surface area contributed by atoms with Crippen LogP contribution in [0.3, 0.4) is 0 Å². The van der Waals surface area contributed by atoms with Gasteiger partial charge in [0.25, 0.3) is 0 Å². The van der Waals surface area contributed by atoms with Gasteiger partial charge in [0.05, 0.1) is 24.5 Å². The van der Waals surface area contributed by atoms with Crippen molar-refractivity contribution in [3.05, 3.63) is 12.2 Å². The fourth-order valence-electron chi connectivity index (χ4n) is 3.44. The van der Waals surface area contributed by atoms with Gasteiger partial charge < -0.3 is 18.9 Å². The van der Waals surface area contributed by atoms with Gasteiger partial charge in [0.1, 0.15) is 33.9 Å². The van der Waals surface area contributed by atoms with Gasteiger partial charge in [0, 0.05) is 7.11 Å². The Labute approximate surface area is 235 Å². The van der Waals surface area contributed by atoms with E-state index in [0.29, 0.717) is 0 Å². The number of esters is 3. The standard InChI is InChI=1S/C25H37Br2NO9/c1-9-10-16(34-8)17-15(2)18(29)28(19(17)30)11-12-35-22(33)25(7,13-36-20(31)23(3,4)26)14-37-21(32)24(5,6)27/h9-10,15-17H,11-14H2,1-8H3/b10-9-. The summed E-state index contributed by atoms with van der Waals surface area (Å²) >= 11 is 6.40. The number of halogens is 2. The molecule has 1 rings (SSSR count). The van der Waals surface area contributed by atoms with Crippen LogP contribution in [0.1, 0.15) is 48.5 Å². The molecule has 0 aromatic heterocycles. The Balaban J connectivity index is 2.94. The summed E-state index contributed by atoms with van der Waals surface area (Å²) in [6.45, 7) is 9.93. The molecule has 0 aromatic carbocycles. The van der Waals surface area contributed by atoms with Crippen molar-refractivity contribution in [2.75, 3.05) is 33.5 Å². The molecule has 37 heavy (non-hydrogen) atoms. The number of imide groups is 1. The maximum absolute atomic E-state index is 13.0. The van der Waals surface area contributed by atoms with Gasteiger partial charge in [-0.05, 0) is 41.5 Å². The second-order valence-electron chi connectivity index (χ2n) is 10.2. The van der Waals surface area contributed by atoms with E-state index in [2.05, 4.69) is 31.9 Å². The molecule has 12 heteroatoms. The summed E-state index contributed by atoms with van der Waals surface area (Å²) in [5.41, 5.74) is -1.54. The molecular weight excluding hydrogens is 618 g/mol. The van der Waals surface area contributed by atoms with Crippen molar-refractivity contribution in [1.82, 2.24) is 4.90 Å². The molecule has 1 aliphatic heterocycles. The Hall–Kier alpha value is -1.79. The third kappa shape index (κ3) is 8.88. The predicted octanol–water partition coefficient (Wildman–Crippen LogP) is 3.18. The fourth-order valence-corrected chi connectivity index (χ4v) is 3.67. The minimum absolute atomic E-state index is 0.158. The van der Waals surface area contributed by atoms with Crippen molar-refractivity contribution in [1.29, 1.82) is 0 Å². The van der Waals surface area contributed by atoms with Gasteiger partial charge in [-0.2, -0.15) is 0 Å². The normalized spacial score (nSPS) is 19.8. The van der Waals surface area contributed by atoms with Crippen LogP contribution in [-0.4, -0.2) is 82.8 Å². The van der Waals surface area contributed by atoms with Crippen LogP contribution in [-0.2, 0) is 42.9 Å². The molecule has 0 bridgehead atoms. The molecule has 0 aromatic rings. The zero-order valence-electron chi connectivity index (χ0n) is 22.6. The minimum Gasteiger partial charge on any atom is -0.463 e. The smallest absolute Gasteiger partial charge is 0.322 e. The number of amides is 2. The monoisotopic (exact) mass is 653 g/mol. The first-order chi connectivity index (χ1) is 16.9. The molecule has 2 amide bonds. The quantitative estimate of drug-likeness (QED) is 0.0968. The third-order valence-corrected chi connectivity index (χ3v) is 6.46. The average Bonchev–Trinajstić information content (AvgIpc) is 3.01. The van der Waals surface area contributed by atoms with E-state index < -0.39 is 69.0 Å². The Morgan fingerprint density at radius 2 is 1.41 bits per heavy atom. The Bertz CT molecular complexity index is 875. The van der Waals surface area contributed by atoms with Crippen LogP contribution in [0.4, 0.5) is 0 Å². The number of allylic oxidation sites excluding steroid dienone is 1. The Kier molecular flexibility index (Phi) is 12.0. The summed E-state index contributed by atoms with van der Waals surface area (Å²) in [4.78, 5) is 64.3. The van der Waals surface area contributed by atoms with Crippen molar-refractivity contribution in [2.24, 2.45) is 17.3 Å². The number of carbonyl (C=O) groups excluding carboxylic acids is 5. The number of hydrogen-bond donors (Lipinski definition) is 0. The first-order valence-corrected chi connectivity index (χ1v) is 13.4. The summed E-state index contributed by atoms with van der Waals surface area (Å²) < 4.78 is 19.3. The van der Waals surface area contributed by atoms with Crippen LogP contribution in [0.15, 0.2) is 12.2 Å². The summed E-state index contributed by atoms with van der Waals surface area (Å²) in [7, 11) is 1.47. The second kappa shape index (κ2) is 13.3. The highest BCUT2D eigenvalue weighted by Crippen LogP contribution is 2.31. The number of nitrogens with zero attached hydrogens (tertiary/aromatic N) is 1. The largest absolute Gasteiger partial charge is 0.463 e. The van der Waals surface area contributed by atoms with Crippen molar-refractivity contribution >= 4 is 61.6 Å². The molecule has 1 fully saturated rings. The lowest BCUT2D eigenvalue weighted by Gasteiger charge is -2.29. The predicted molar refractivity (Wildman–Crippen MR) is 142 cm³/mol. The van der Waals surface area contributed by atoms with Gasteiger partial charge >= 0.3 is 17.9 Å². The van der Waals surface area contributed by atoms with Gasteiger partial charge in [-0.25, -0.2) is 0 Å². The van der Waals surface area contributed by atoms with E-state index in [4.69, 9.17) is 18.9 Å². The summed E-state index contributed by atoms with van der Waals surface area (Å²) in [5.74, 6) is -4.16. The van der Waals surface area contributed by atoms with Crippen LogP contribution < -0.4 is 0 Å². The maximum atomic E-state index is 13.0. The van der Waals surface area contributed by atoms with E-state index in [0.717, 1.165) is 4.90 Å². The molecule has 0 aliphatic carbocycles. The molecule has 0 N–H and O–H groups in total. The topological polar surface area (TPSA) is 126 Å².